The maximum atomic E-state index is 11.7. The SMILES string of the molecule is O=NN1CCC(=O)C(Cc2ccccc2)C1. The van der Waals surface area contributed by atoms with Gasteiger partial charge in [-0.2, -0.15) is 0 Å². The van der Waals surface area contributed by atoms with Crippen molar-refractivity contribution in [3.63, 3.8) is 0 Å². The smallest absolute Gasteiger partial charge is 0.139 e. The first-order chi connectivity index (χ1) is 7.79. The number of carbonyl (C=O) groups is 1. The first-order valence-corrected chi connectivity index (χ1v) is 5.44. The second kappa shape index (κ2) is 4.88. The van der Waals surface area contributed by atoms with Crippen molar-refractivity contribution in [3.8, 4) is 0 Å². The molecule has 1 heterocycles. The van der Waals surface area contributed by atoms with E-state index in [0.29, 0.717) is 25.9 Å². The zero-order chi connectivity index (χ0) is 11.4. The Balaban J connectivity index is 2.02. The molecule has 0 radical (unpaired) electrons. The summed E-state index contributed by atoms with van der Waals surface area (Å²) in [7, 11) is 0. The standard InChI is InChI=1S/C12H14N2O2/c15-12-6-7-14(13-16)9-11(12)8-10-4-2-1-3-5-10/h1-5,11H,6-9H2. The maximum absolute atomic E-state index is 11.7. The van der Waals surface area contributed by atoms with Crippen LogP contribution in [0.3, 0.4) is 0 Å². The monoisotopic (exact) mass is 218 g/mol. The van der Waals surface area contributed by atoms with E-state index in [4.69, 9.17) is 0 Å². The van der Waals surface area contributed by atoms with E-state index in [1.807, 2.05) is 30.3 Å². The number of hydrogen-bond donors (Lipinski definition) is 0. The van der Waals surface area contributed by atoms with Gasteiger partial charge < -0.3 is 0 Å². The Morgan fingerprint density at radius 3 is 2.75 bits per heavy atom. The third kappa shape index (κ3) is 2.45. The zero-order valence-electron chi connectivity index (χ0n) is 9.00. The predicted octanol–water partition coefficient (Wildman–Crippen LogP) is 1.80. The number of Topliss-reactive ketones (excluding diaryl/α,β-unsaturated/α-hetero) is 1. The van der Waals surface area contributed by atoms with Gasteiger partial charge in [0.05, 0.1) is 5.29 Å². The van der Waals surface area contributed by atoms with E-state index >= 15 is 0 Å². The molecule has 4 nitrogen and oxygen atoms in total. The average molecular weight is 218 g/mol. The molecule has 1 aromatic rings. The molecule has 2 rings (SSSR count). The molecule has 1 fully saturated rings. The van der Waals surface area contributed by atoms with Crippen molar-refractivity contribution in [1.82, 2.24) is 5.01 Å². The summed E-state index contributed by atoms with van der Waals surface area (Å²) >= 11 is 0. The van der Waals surface area contributed by atoms with Crippen molar-refractivity contribution in [2.24, 2.45) is 11.2 Å². The highest BCUT2D eigenvalue weighted by Gasteiger charge is 2.27. The van der Waals surface area contributed by atoms with Crippen molar-refractivity contribution in [2.45, 2.75) is 12.8 Å². The van der Waals surface area contributed by atoms with Crippen LogP contribution in [0.2, 0.25) is 0 Å². The van der Waals surface area contributed by atoms with E-state index in [-0.39, 0.29) is 11.7 Å². The predicted molar refractivity (Wildman–Crippen MR) is 60.6 cm³/mol. The number of rotatable bonds is 3. The number of nitroso groups, excluding NO2 is 1. The summed E-state index contributed by atoms with van der Waals surface area (Å²) in [5.74, 6) is 0.151. The molecule has 4 heteroatoms. The Morgan fingerprint density at radius 1 is 1.31 bits per heavy atom. The molecule has 1 aliphatic rings. The molecule has 0 amide bonds. The van der Waals surface area contributed by atoms with Crippen molar-refractivity contribution >= 4 is 5.78 Å². The molecule has 1 aliphatic heterocycles. The summed E-state index contributed by atoms with van der Waals surface area (Å²) in [6.07, 6.45) is 1.13. The molecule has 0 saturated carbocycles. The van der Waals surface area contributed by atoms with Crippen LogP contribution in [0.5, 0.6) is 0 Å². The average Bonchev–Trinajstić information content (AvgIpc) is 2.33. The maximum Gasteiger partial charge on any atom is 0.139 e. The van der Waals surface area contributed by atoms with Crippen molar-refractivity contribution < 1.29 is 4.79 Å². The van der Waals surface area contributed by atoms with Crippen LogP contribution < -0.4 is 0 Å². The van der Waals surface area contributed by atoms with Crippen molar-refractivity contribution in [3.05, 3.63) is 40.8 Å². The van der Waals surface area contributed by atoms with Crippen LogP contribution in [-0.2, 0) is 11.2 Å². The normalized spacial score (nSPS) is 20.9. The van der Waals surface area contributed by atoms with Gasteiger partial charge in [0.2, 0.25) is 0 Å². The first-order valence-electron chi connectivity index (χ1n) is 5.44. The van der Waals surface area contributed by atoms with Crippen LogP contribution in [0, 0.1) is 10.8 Å². The summed E-state index contributed by atoms with van der Waals surface area (Å²) in [4.78, 5) is 22.1. The van der Waals surface area contributed by atoms with Crippen LogP contribution in [0.25, 0.3) is 0 Å². The molecule has 84 valence electrons. The minimum Gasteiger partial charge on any atom is -0.299 e. The summed E-state index contributed by atoms with van der Waals surface area (Å²) < 4.78 is 0. The van der Waals surface area contributed by atoms with Crippen LogP contribution in [0.4, 0.5) is 0 Å². The van der Waals surface area contributed by atoms with Gasteiger partial charge in [0.1, 0.15) is 5.78 Å². The second-order valence-electron chi connectivity index (χ2n) is 4.10. The zero-order valence-corrected chi connectivity index (χ0v) is 9.00. The minimum atomic E-state index is -0.0890. The van der Waals surface area contributed by atoms with Crippen LogP contribution >= 0.6 is 0 Å². The van der Waals surface area contributed by atoms with Crippen LogP contribution in [0.15, 0.2) is 35.6 Å². The fourth-order valence-corrected chi connectivity index (χ4v) is 2.04. The van der Waals surface area contributed by atoms with Crippen LogP contribution in [-0.4, -0.2) is 23.9 Å². The molecule has 0 N–H and O–H groups in total. The van der Waals surface area contributed by atoms with E-state index in [0.717, 1.165) is 5.56 Å². The first kappa shape index (κ1) is 10.8. The molecule has 0 spiro atoms. The lowest BCUT2D eigenvalue weighted by atomic mass is 9.91. The molecule has 0 aliphatic carbocycles. The van der Waals surface area contributed by atoms with E-state index in [9.17, 15) is 9.70 Å². The second-order valence-corrected chi connectivity index (χ2v) is 4.10. The highest BCUT2D eigenvalue weighted by molar-refractivity contribution is 5.82. The van der Waals surface area contributed by atoms with Crippen molar-refractivity contribution in [1.29, 1.82) is 0 Å². The molecular formula is C12H14N2O2. The number of piperidine rings is 1. The molecule has 16 heavy (non-hydrogen) atoms. The van der Waals surface area contributed by atoms with Crippen molar-refractivity contribution in [2.75, 3.05) is 13.1 Å². The quantitative estimate of drug-likeness (QED) is 0.727. The third-order valence-electron chi connectivity index (χ3n) is 2.94. The molecule has 1 unspecified atom stereocenters. The largest absolute Gasteiger partial charge is 0.299 e. The topological polar surface area (TPSA) is 49.7 Å². The summed E-state index contributed by atoms with van der Waals surface area (Å²) in [5.41, 5.74) is 1.13. The minimum absolute atomic E-state index is 0.0890. The molecule has 1 atom stereocenters. The van der Waals surface area contributed by atoms with Gasteiger partial charge in [0, 0.05) is 25.4 Å². The number of benzene rings is 1. The lowest BCUT2D eigenvalue weighted by Gasteiger charge is -2.27. The highest BCUT2D eigenvalue weighted by atomic mass is 16.3. The summed E-state index contributed by atoms with van der Waals surface area (Å²) in [5, 5.41) is 4.34. The van der Waals surface area contributed by atoms with Gasteiger partial charge in [0.25, 0.3) is 0 Å². The highest BCUT2D eigenvalue weighted by Crippen LogP contribution is 2.18. The van der Waals surface area contributed by atoms with Gasteiger partial charge in [0.15, 0.2) is 0 Å². The summed E-state index contributed by atoms with van der Waals surface area (Å²) in [6, 6.07) is 9.86. The molecule has 0 aromatic heterocycles. The van der Waals surface area contributed by atoms with Gasteiger partial charge in [-0.05, 0) is 12.0 Å². The molecule has 0 bridgehead atoms. The molecule has 1 saturated heterocycles. The Hall–Kier alpha value is -1.71. The van der Waals surface area contributed by atoms with Gasteiger partial charge in [-0.25, -0.2) is 0 Å². The number of ketones is 1. The fourth-order valence-electron chi connectivity index (χ4n) is 2.04. The number of carbonyl (C=O) groups excluding carboxylic acids is 1. The van der Waals surface area contributed by atoms with E-state index in [2.05, 4.69) is 5.29 Å². The molecular weight excluding hydrogens is 204 g/mol. The lowest BCUT2D eigenvalue weighted by Crippen LogP contribution is -2.38. The van der Waals surface area contributed by atoms with E-state index in [1.165, 1.54) is 5.01 Å². The third-order valence-corrected chi connectivity index (χ3v) is 2.94. The summed E-state index contributed by atoms with van der Waals surface area (Å²) in [6.45, 7) is 0.921. The Morgan fingerprint density at radius 2 is 2.06 bits per heavy atom. The van der Waals surface area contributed by atoms with Gasteiger partial charge in [-0.3, -0.25) is 9.80 Å². The van der Waals surface area contributed by atoms with E-state index < -0.39 is 0 Å². The van der Waals surface area contributed by atoms with Gasteiger partial charge in [-0.15, -0.1) is 4.91 Å². The van der Waals surface area contributed by atoms with Crippen LogP contribution in [0.1, 0.15) is 12.0 Å². The Bertz CT molecular complexity index is 378. The number of hydrogen-bond acceptors (Lipinski definition) is 3. The fraction of sp³-hybridized carbons (Fsp3) is 0.417. The lowest BCUT2D eigenvalue weighted by molar-refractivity contribution is -0.126. The Kier molecular flexibility index (Phi) is 3.29. The number of nitrogens with zero attached hydrogens (tertiary/aromatic N) is 2. The van der Waals surface area contributed by atoms with Gasteiger partial charge in [-0.1, -0.05) is 30.3 Å². The van der Waals surface area contributed by atoms with Gasteiger partial charge >= 0.3 is 0 Å². The van der Waals surface area contributed by atoms with E-state index in [1.54, 1.807) is 0 Å². The Labute approximate surface area is 94.2 Å². The molecule has 1 aromatic carbocycles.